The van der Waals surface area contributed by atoms with Crippen LogP contribution < -0.4 is 5.32 Å². The van der Waals surface area contributed by atoms with Crippen LogP contribution in [0.15, 0.2) is 95.7 Å². The van der Waals surface area contributed by atoms with Crippen LogP contribution in [0.5, 0.6) is 0 Å². The van der Waals surface area contributed by atoms with E-state index in [0.717, 1.165) is 61.8 Å². The van der Waals surface area contributed by atoms with Gasteiger partial charge in [-0.2, -0.15) is 0 Å². The molecule has 7 heteroatoms. The van der Waals surface area contributed by atoms with Crippen molar-refractivity contribution in [3.63, 3.8) is 0 Å². The van der Waals surface area contributed by atoms with E-state index in [9.17, 15) is 9.59 Å². The summed E-state index contributed by atoms with van der Waals surface area (Å²) in [5.41, 5.74) is 7.11. The molecule has 2 N–H and O–H groups in total. The van der Waals surface area contributed by atoms with Crippen molar-refractivity contribution in [1.82, 2.24) is 10.2 Å². The van der Waals surface area contributed by atoms with Crippen molar-refractivity contribution in [2.75, 3.05) is 14.1 Å². The third kappa shape index (κ3) is 9.89. The van der Waals surface area contributed by atoms with Gasteiger partial charge in [0.2, 0.25) is 5.91 Å². The second-order valence-electron chi connectivity index (χ2n) is 10.6. The van der Waals surface area contributed by atoms with Crippen LogP contribution in [0.3, 0.4) is 0 Å². The molecule has 0 fully saturated rings. The number of carboxylic acids is 1. The van der Waals surface area contributed by atoms with E-state index in [1.54, 1.807) is 27.6 Å². The van der Waals surface area contributed by atoms with Crippen LogP contribution in [0.1, 0.15) is 57.7 Å². The number of carbonyl (C=O) groups is 2. The van der Waals surface area contributed by atoms with Crippen molar-refractivity contribution in [3.05, 3.63) is 128 Å². The second-order valence-corrected chi connectivity index (χ2v) is 12.6. The fourth-order valence-electron chi connectivity index (χ4n) is 5.23. The lowest BCUT2D eigenvalue weighted by Gasteiger charge is -2.18. The average Bonchev–Trinajstić information content (AvgIpc) is 3.70. The third-order valence-corrected chi connectivity index (χ3v) is 9.30. The molecule has 0 saturated heterocycles. The number of aryl methyl sites for hydroxylation is 2. The van der Waals surface area contributed by atoms with E-state index >= 15 is 0 Å². The first-order chi connectivity index (χ1) is 20.9. The Bertz CT molecular complexity index is 1520. The maximum absolute atomic E-state index is 12.4. The predicted octanol–water partition coefficient (Wildman–Crippen LogP) is 8.08. The average molecular weight is 613 g/mol. The van der Waals surface area contributed by atoms with Gasteiger partial charge in [0.25, 0.3) is 0 Å². The molecule has 2 aromatic carbocycles. The Morgan fingerprint density at radius 2 is 1.28 bits per heavy atom. The summed E-state index contributed by atoms with van der Waals surface area (Å²) >= 11 is 3.52. The number of carboxylic acid groups (broad SMARTS) is 1. The van der Waals surface area contributed by atoms with Crippen molar-refractivity contribution in [3.8, 4) is 0 Å². The Kier molecular flexibility index (Phi) is 12.5. The minimum Gasteiger partial charge on any atom is -0.478 e. The van der Waals surface area contributed by atoms with E-state index in [2.05, 4.69) is 41.0 Å². The van der Waals surface area contributed by atoms with Crippen molar-refractivity contribution < 1.29 is 14.7 Å². The highest BCUT2D eigenvalue weighted by Gasteiger charge is 2.17. The molecule has 0 saturated carbocycles. The van der Waals surface area contributed by atoms with E-state index in [1.165, 1.54) is 32.5 Å². The summed E-state index contributed by atoms with van der Waals surface area (Å²) in [5, 5.41) is 15.9. The van der Waals surface area contributed by atoms with Gasteiger partial charge in [-0.15, -0.1) is 22.7 Å². The quantitative estimate of drug-likeness (QED) is 0.216. The molecule has 0 atom stereocenters. The zero-order chi connectivity index (χ0) is 30.4. The lowest BCUT2D eigenvalue weighted by Crippen LogP contribution is -2.24. The highest BCUT2D eigenvalue weighted by molar-refractivity contribution is 7.10. The van der Waals surface area contributed by atoms with Crippen molar-refractivity contribution in [1.29, 1.82) is 0 Å². The molecule has 0 aliphatic heterocycles. The number of amides is 1. The van der Waals surface area contributed by atoms with Crippen LogP contribution in [-0.2, 0) is 35.5 Å². The van der Waals surface area contributed by atoms with Crippen LogP contribution in [0.4, 0.5) is 0 Å². The lowest BCUT2D eigenvalue weighted by atomic mass is 9.93. The van der Waals surface area contributed by atoms with Crippen LogP contribution in [0.25, 0.3) is 11.1 Å². The fraction of sp³-hybridized carbons (Fsp3) is 0.278. The molecule has 2 heterocycles. The summed E-state index contributed by atoms with van der Waals surface area (Å²) in [4.78, 5) is 27.5. The summed E-state index contributed by atoms with van der Waals surface area (Å²) in [7, 11) is 3.82. The Labute approximate surface area is 263 Å². The first-order valence-corrected chi connectivity index (χ1v) is 16.5. The molecule has 6 rings (SSSR count). The van der Waals surface area contributed by atoms with Crippen LogP contribution in [0, 0.1) is 0 Å². The van der Waals surface area contributed by atoms with Crippen molar-refractivity contribution >= 4 is 45.7 Å². The highest BCUT2D eigenvalue weighted by Crippen LogP contribution is 2.35. The summed E-state index contributed by atoms with van der Waals surface area (Å²) < 4.78 is 0. The van der Waals surface area contributed by atoms with E-state index < -0.39 is 5.97 Å². The smallest absolute Gasteiger partial charge is 0.328 e. The molecule has 2 aromatic heterocycles. The predicted molar refractivity (Wildman–Crippen MR) is 180 cm³/mol. The molecule has 224 valence electrons. The number of rotatable bonds is 6. The van der Waals surface area contributed by atoms with Gasteiger partial charge in [0.05, 0.1) is 0 Å². The summed E-state index contributed by atoms with van der Waals surface area (Å²) in [6, 6.07) is 24.6. The monoisotopic (exact) mass is 612 g/mol. The Balaban J connectivity index is 0.000000163. The molecule has 5 nitrogen and oxygen atoms in total. The van der Waals surface area contributed by atoms with Crippen molar-refractivity contribution in [2.45, 2.75) is 51.6 Å². The lowest BCUT2D eigenvalue weighted by molar-refractivity contribution is -0.131. The number of hydrogen-bond acceptors (Lipinski definition) is 5. The van der Waals surface area contributed by atoms with Gasteiger partial charge in [-0.05, 0) is 102 Å². The fourth-order valence-corrected chi connectivity index (χ4v) is 7.15. The van der Waals surface area contributed by atoms with Gasteiger partial charge in [-0.3, -0.25) is 4.79 Å². The number of likely N-dealkylation sites (N-methyl/N-ethyl adjacent to an activating group) is 1. The number of aliphatic carboxylic acids is 1. The standard InChI is InChI=1S/C18H19NOS.C10H10O2S.C8H11N/c1-19(13-14-6-3-2-4-7-14)18(20)12-15-8-5-9-17-16(15)10-11-21-17;11-10(12)6-7-2-1-3-9-8(7)4-5-13-9;1-9-7-8-5-3-2-4-6-8/h2-4,6-7,10-12H,5,8-9,13H2,1H3;4-6H,1-3H2,(H,11,12);2-6,9H,7H2,1H3/b15-12+;;. The van der Waals surface area contributed by atoms with Gasteiger partial charge in [0.1, 0.15) is 0 Å². The summed E-state index contributed by atoms with van der Waals surface area (Å²) in [6.07, 6.45) is 9.55. The summed E-state index contributed by atoms with van der Waals surface area (Å²) in [5.74, 6) is -0.748. The van der Waals surface area contributed by atoms with Crippen LogP contribution >= 0.6 is 22.7 Å². The van der Waals surface area contributed by atoms with Gasteiger partial charge < -0.3 is 15.3 Å². The maximum Gasteiger partial charge on any atom is 0.328 e. The molecule has 1 amide bonds. The van der Waals surface area contributed by atoms with Gasteiger partial charge in [0.15, 0.2) is 0 Å². The van der Waals surface area contributed by atoms with E-state index in [0.29, 0.717) is 6.54 Å². The first-order valence-electron chi connectivity index (χ1n) is 14.7. The van der Waals surface area contributed by atoms with Gasteiger partial charge in [0, 0.05) is 42.0 Å². The minimum absolute atomic E-state index is 0.0907. The zero-order valence-corrected chi connectivity index (χ0v) is 26.6. The van der Waals surface area contributed by atoms with Crippen LogP contribution in [-0.4, -0.2) is 36.0 Å². The number of fused-ring (bicyclic) bond motifs is 2. The molecule has 0 radical (unpaired) electrons. The topological polar surface area (TPSA) is 69.6 Å². The number of carbonyl (C=O) groups excluding carboxylic acids is 1. The largest absolute Gasteiger partial charge is 0.478 e. The molecule has 0 spiro atoms. The molecule has 2 aliphatic carbocycles. The Hall–Kier alpha value is -3.78. The maximum atomic E-state index is 12.4. The Morgan fingerprint density at radius 1 is 0.767 bits per heavy atom. The number of benzene rings is 2. The molecular weight excluding hydrogens is 573 g/mol. The van der Waals surface area contributed by atoms with Gasteiger partial charge in [-0.1, -0.05) is 60.7 Å². The molecular formula is C36H40N2O3S2. The highest BCUT2D eigenvalue weighted by atomic mass is 32.1. The third-order valence-electron chi connectivity index (χ3n) is 7.34. The second kappa shape index (κ2) is 16.8. The SMILES string of the molecule is CN(Cc1ccccc1)C(=O)/C=C1\CCCc2sccc21.CNCc1ccccc1.O=C(O)C=C1CCCc2sccc21. The summed E-state index contributed by atoms with van der Waals surface area (Å²) in [6.45, 7) is 1.61. The van der Waals surface area contributed by atoms with E-state index in [-0.39, 0.29) is 5.91 Å². The first kappa shape index (κ1) is 32.1. The van der Waals surface area contributed by atoms with Gasteiger partial charge in [-0.25, -0.2) is 4.79 Å². The van der Waals surface area contributed by atoms with Gasteiger partial charge >= 0.3 is 5.97 Å². The molecule has 0 unspecified atom stereocenters. The number of allylic oxidation sites excluding steroid dienone is 2. The molecule has 2 aliphatic rings. The minimum atomic E-state index is -0.839. The number of nitrogens with zero attached hydrogens (tertiary/aromatic N) is 1. The molecule has 0 bridgehead atoms. The zero-order valence-electron chi connectivity index (χ0n) is 24.9. The normalized spacial score (nSPS) is 15.3. The number of thiophene rings is 2. The molecule has 4 aromatic rings. The molecule has 43 heavy (non-hydrogen) atoms. The number of nitrogens with one attached hydrogen (secondary N) is 1. The van der Waals surface area contributed by atoms with E-state index in [4.69, 9.17) is 5.11 Å². The Morgan fingerprint density at radius 3 is 1.79 bits per heavy atom. The van der Waals surface area contributed by atoms with E-state index in [1.807, 2.05) is 68.0 Å². The number of hydrogen-bond donors (Lipinski definition) is 2. The van der Waals surface area contributed by atoms with Crippen molar-refractivity contribution in [2.24, 2.45) is 0 Å². The van der Waals surface area contributed by atoms with Crippen LogP contribution in [0.2, 0.25) is 0 Å².